The molecule has 2 amide bonds. The third-order valence-electron chi connectivity index (χ3n) is 6.03. The molecule has 0 spiro atoms. The monoisotopic (exact) mass is 472 g/mol. The van der Waals surface area contributed by atoms with Crippen LogP contribution in [0.1, 0.15) is 12.8 Å². The number of nitrogens with zero attached hydrogens (tertiary/aromatic N) is 6. The molecule has 0 saturated carbocycles. The van der Waals surface area contributed by atoms with Crippen molar-refractivity contribution in [2.24, 2.45) is 0 Å². The Morgan fingerprint density at radius 1 is 0.788 bits per heavy atom. The quantitative estimate of drug-likeness (QED) is 0.600. The predicted octanol–water partition coefficient (Wildman–Crippen LogP) is 0.439. The first-order valence-electron chi connectivity index (χ1n) is 11.1. The number of piperazine rings is 2. The van der Waals surface area contributed by atoms with E-state index in [9.17, 15) is 18.0 Å². The molecule has 10 nitrogen and oxygen atoms in total. The van der Waals surface area contributed by atoms with Crippen molar-refractivity contribution in [2.75, 3.05) is 57.3 Å². The van der Waals surface area contributed by atoms with Crippen LogP contribution in [0.5, 0.6) is 0 Å². The number of anilines is 1. The minimum Gasteiger partial charge on any atom is -0.352 e. The van der Waals surface area contributed by atoms with Crippen LogP contribution < -0.4 is 4.90 Å². The fourth-order valence-electron chi connectivity index (χ4n) is 4.09. The first-order chi connectivity index (χ1) is 15.9. The molecular weight excluding hydrogens is 444 g/mol. The summed E-state index contributed by atoms with van der Waals surface area (Å²) in [6.45, 7) is 3.68. The maximum atomic E-state index is 12.7. The molecule has 2 aliphatic heterocycles. The Labute approximate surface area is 193 Å². The van der Waals surface area contributed by atoms with Crippen molar-refractivity contribution < 1.29 is 18.0 Å². The number of benzene rings is 1. The van der Waals surface area contributed by atoms with Crippen molar-refractivity contribution in [3.8, 4) is 0 Å². The Balaban J connectivity index is 1.20. The maximum Gasteiger partial charge on any atom is 0.243 e. The van der Waals surface area contributed by atoms with E-state index in [1.165, 1.54) is 4.31 Å². The molecule has 11 heteroatoms. The molecule has 4 rings (SSSR count). The summed E-state index contributed by atoms with van der Waals surface area (Å²) < 4.78 is 26.9. The van der Waals surface area contributed by atoms with E-state index in [2.05, 4.69) is 14.9 Å². The van der Waals surface area contributed by atoms with Crippen LogP contribution in [0.15, 0.2) is 53.8 Å². The van der Waals surface area contributed by atoms with Crippen LogP contribution in [0.25, 0.3) is 0 Å². The van der Waals surface area contributed by atoms with E-state index in [0.29, 0.717) is 39.3 Å². The lowest BCUT2D eigenvalue weighted by Gasteiger charge is -2.36. The Morgan fingerprint density at radius 2 is 1.36 bits per heavy atom. The van der Waals surface area contributed by atoms with Gasteiger partial charge in [0.2, 0.25) is 21.8 Å². The molecule has 2 fully saturated rings. The molecular formula is C22H28N6O4S. The van der Waals surface area contributed by atoms with Crippen molar-refractivity contribution in [1.29, 1.82) is 0 Å². The highest BCUT2D eigenvalue weighted by molar-refractivity contribution is 7.89. The molecule has 1 aromatic heterocycles. The molecule has 3 heterocycles. The first kappa shape index (κ1) is 23.1. The van der Waals surface area contributed by atoms with Gasteiger partial charge < -0.3 is 14.7 Å². The zero-order valence-corrected chi connectivity index (χ0v) is 19.2. The molecule has 0 radical (unpaired) electrons. The zero-order valence-electron chi connectivity index (χ0n) is 18.4. The van der Waals surface area contributed by atoms with E-state index in [1.54, 1.807) is 58.7 Å². The van der Waals surface area contributed by atoms with Gasteiger partial charge in [0.15, 0.2) is 0 Å². The molecule has 0 bridgehead atoms. The Hall–Kier alpha value is -3.05. The number of carbonyl (C=O) groups is 2. The fraction of sp³-hybridized carbons (Fsp3) is 0.455. The van der Waals surface area contributed by atoms with Gasteiger partial charge in [-0.2, -0.15) is 4.31 Å². The average Bonchev–Trinajstić information content (AvgIpc) is 2.88. The van der Waals surface area contributed by atoms with Crippen LogP contribution in [0, 0.1) is 0 Å². The molecule has 0 aliphatic carbocycles. The fourth-order valence-corrected chi connectivity index (χ4v) is 5.53. The molecule has 1 aromatic carbocycles. The van der Waals surface area contributed by atoms with Crippen LogP contribution in [-0.4, -0.2) is 96.7 Å². The molecule has 0 N–H and O–H groups in total. The van der Waals surface area contributed by atoms with Gasteiger partial charge in [0.25, 0.3) is 0 Å². The largest absolute Gasteiger partial charge is 0.352 e. The lowest BCUT2D eigenvalue weighted by Crippen LogP contribution is -2.51. The second-order valence-electron chi connectivity index (χ2n) is 8.03. The van der Waals surface area contributed by atoms with Crippen LogP contribution in [-0.2, 0) is 19.6 Å². The van der Waals surface area contributed by atoms with Crippen LogP contribution in [0.2, 0.25) is 0 Å². The SMILES string of the molecule is O=C(CCC(=O)N1CCN(S(=O)(=O)c2ccccc2)CC1)N1CCN(c2cnccn2)CC1. The number of carbonyl (C=O) groups excluding carboxylic acids is 2. The number of hydrogen-bond acceptors (Lipinski definition) is 7. The van der Waals surface area contributed by atoms with Gasteiger partial charge in [-0.1, -0.05) is 18.2 Å². The number of hydrogen-bond donors (Lipinski definition) is 0. The summed E-state index contributed by atoms with van der Waals surface area (Å²) in [5.41, 5.74) is 0. The van der Waals surface area contributed by atoms with Gasteiger partial charge in [0, 0.05) is 77.6 Å². The highest BCUT2D eigenvalue weighted by Gasteiger charge is 2.30. The van der Waals surface area contributed by atoms with Gasteiger partial charge in [-0.15, -0.1) is 0 Å². The van der Waals surface area contributed by atoms with E-state index < -0.39 is 10.0 Å². The predicted molar refractivity (Wildman–Crippen MR) is 122 cm³/mol. The van der Waals surface area contributed by atoms with Crippen molar-refractivity contribution in [3.05, 3.63) is 48.9 Å². The molecule has 2 saturated heterocycles. The molecule has 0 atom stereocenters. The van der Waals surface area contributed by atoms with E-state index in [-0.39, 0.29) is 42.6 Å². The standard InChI is InChI=1S/C22H28N6O4S/c29-21(26-12-10-25(11-13-26)20-18-23-8-9-24-20)6-7-22(30)27-14-16-28(17-15-27)33(31,32)19-4-2-1-3-5-19/h1-5,8-9,18H,6-7,10-17H2. The summed E-state index contributed by atoms with van der Waals surface area (Å²) in [6, 6.07) is 8.31. The second kappa shape index (κ2) is 10.3. The second-order valence-corrected chi connectivity index (χ2v) is 9.97. The lowest BCUT2D eigenvalue weighted by atomic mass is 10.2. The van der Waals surface area contributed by atoms with Gasteiger partial charge in [-0.25, -0.2) is 13.4 Å². The first-order valence-corrected chi connectivity index (χ1v) is 12.5. The van der Waals surface area contributed by atoms with Crippen molar-refractivity contribution >= 4 is 27.7 Å². The van der Waals surface area contributed by atoms with Crippen LogP contribution in [0.4, 0.5) is 5.82 Å². The molecule has 33 heavy (non-hydrogen) atoms. The summed E-state index contributed by atoms with van der Waals surface area (Å²) in [4.78, 5) is 39.3. The highest BCUT2D eigenvalue weighted by atomic mass is 32.2. The van der Waals surface area contributed by atoms with E-state index >= 15 is 0 Å². The number of aromatic nitrogens is 2. The van der Waals surface area contributed by atoms with Gasteiger partial charge in [-0.3, -0.25) is 14.6 Å². The maximum absolute atomic E-state index is 12.7. The van der Waals surface area contributed by atoms with Gasteiger partial charge in [0.1, 0.15) is 5.82 Å². The van der Waals surface area contributed by atoms with E-state index in [4.69, 9.17) is 0 Å². The van der Waals surface area contributed by atoms with E-state index in [0.717, 1.165) is 5.82 Å². The average molecular weight is 473 g/mol. The lowest BCUT2D eigenvalue weighted by molar-refractivity contribution is -0.137. The van der Waals surface area contributed by atoms with Crippen LogP contribution >= 0.6 is 0 Å². The third-order valence-corrected chi connectivity index (χ3v) is 7.94. The number of amides is 2. The van der Waals surface area contributed by atoms with Gasteiger partial charge >= 0.3 is 0 Å². The summed E-state index contributed by atoms with van der Waals surface area (Å²) in [6.07, 6.45) is 5.28. The summed E-state index contributed by atoms with van der Waals surface area (Å²) in [5.74, 6) is 0.652. The molecule has 176 valence electrons. The minimum absolute atomic E-state index is 0.0348. The Kier molecular flexibility index (Phi) is 7.19. The van der Waals surface area contributed by atoms with Crippen molar-refractivity contribution in [3.63, 3.8) is 0 Å². The zero-order chi connectivity index (χ0) is 23.3. The molecule has 0 unspecified atom stereocenters. The van der Waals surface area contributed by atoms with Crippen molar-refractivity contribution in [1.82, 2.24) is 24.1 Å². The topological polar surface area (TPSA) is 107 Å². The highest BCUT2D eigenvalue weighted by Crippen LogP contribution is 2.18. The minimum atomic E-state index is -3.55. The van der Waals surface area contributed by atoms with Gasteiger partial charge in [-0.05, 0) is 12.1 Å². The van der Waals surface area contributed by atoms with E-state index in [1.807, 2.05) is 0 Å². The summed E-state index contributed by atoms with van der Waals surface area (Å²) in [5, 5.41) is 0. The molecule has 2 aromatic rings. The third kappa shape index (κ3) is 5.48. The Morgan fingerprint density at radius 3 is 1.91 bits per heavy atom. The smallest absolute Gasteiger partial charge is 0.243 e. The molecule has 2 aliphatic rings. The number of rotatable bonds is 6. The normalized spacial score (nSPS) is 17.8. The van der Waals surface area contributed by atoms with Crippen molar-refractivity contribution in [2.45, 2.75) is 17.7 Å². The number of sulfonamides is 1. The summed E-state index contributed by atoms with van der Waals surface area (Å²) in [7, 11) is -3.55. The van der Waals surface area contributed by atoms with Crippen LogP contribution in [0.3, 0.4) is 0 Å². The Bertz CT molecular complexity index is 1050. The summed E-state index contributed by atoms with van der Waals surface area (Å²) >= 11 is 0. The van der Waals surface area contributed by atoms with Gasteiger partial charge in [0.05, 0.1) is 11.1 Å².